The van der Waals surface area contributed by atoms with E-state index in [0.29, 0.717) is 14.5 Å². The average molecular weight is 328 g/mol. The summed E-state index contributed by atoms with van der Waals surface area (Å²) in [6.07, 6.45) is 1.40. The van der Waals surface area contributed by atoms with Gasteiger partial charge in [-0.3, -0.25) is 0 Å². The van der Waals surface area contributed by atoms with Crippen molar-refractivity contribution in [3.05, 3.63) is 32.2 Å². The van der Waals surface area contributed by atoms with Crippen LogP contribution in [0.5, 0.6) is 5.75 Å². The number of halogens is 2. The Hall–Kier alpha value is -1.30. The van der Waals surface area contributed by atoms with Crippen molar-refractivity contribution in [3.63, 3.8) is 0 Å². The van der Waals surface area contributed by atoms with E-state index in [-0.39, 0.29) is 11.3 Å². The van der Waals surface area contributed by atoms with Crippen LogP contribution in [-0.2, 0) is 0 Å². The lowest BCUT2D eigenvalue weighted by Crippen LogP contribution is -1.80. The van der Waals surface area contributed by atoms with Crippen molar-refractivity contribution >= 4 is 37.9 Å². The summed E-state index contributed by atoms with van der Waals surface area (Å²) >= 11 is 6.41. The minimum absolute atomic E-state index is 0.0163. The van der Waals surface area contributed by atoms with Crippen molar-refractivity contribution in [3.8, 4) is 17.9 Å². The molecule has 0 fully saturated rings. The molecule has 3 nitrogen and oxygen atoms in total. The zero-order chi connectivity index (χ0) is 11.4. The van der Waals surface area contributed by atoms with Crippen molar-refractivity contribution in [1.29, 1.82) is 10.5 Å². The number of hydrogen-bond acceptors (Lipinski definition) is 3. The zero-order valence-electron chi connectivity index (χ0n) is 7.33. The maximum Gasteiger partial charge on any atom is 0.130 e. The van der Waals surface area contributed by atoms with Gasteiger partial charge in [-0.15, -0.1) is 0 Å². The monoisotopic (exact) mass is 326 g/mol. The second kappa shape index (κ2) is 4.97. The Morgan fingerprint density at radius 3 is 2.33 bits per heavy atom. The van der Waals surface area contributed by atoms with Gasteiger partial charge in [-0.1, -0.05) is 15.9 Å². The van der Waals surface area contributed by atoms with Gasteiger partial charge in [0.15, 0.2) is 0 Å². The highest BCUT2D eigenvalue weighted by molar-refractivity contribution is 9.11. The molecule has 0 saturated carbocycles. The summed E-state index contributed by atoms with van der Waals surface area (Å²) < 4.78 is 1.23. The number of allylic oxidation sites excluding steroid dienone is 1. The van der Waals surface area contributed by atoms with Gasteiger partial charge < -0.3 is 5.11 Å². The second-order valence-electron chi connectivity index (χ2n) is 2.61. The summed E-state index contributed by atoms with van der Waals surface area (Å²) in [6, 6.07) is 6.60. The molecule has 0 radical (unpaired) electrons. The Bertz CT molecular complexity index is 493. The van der Waals surface area contributed by atoms with E-state index in [1.165, 1.54) is 12.1 Å². The van der Waals surface area contributed by atoms with Crippen molar-refractivity contribution < 1.29 is 5.11 Å². The van der Waals surface area contributed by atoms with Gasteiger partial charge in [-0.25, -0.2) is 0 Å². The van der Waals surface area contributed by atoms with Crippen LogP contribution in [0.15, 0.2) is 26.7 Å². The van der Waals surface area contributed by atoms with E-state index >= 15 is 0 Å². The van der Waals surface area contributed by atoms with Crippen LogP contribution in [0.1, 0.15) is 5.56 Å². The fourth-order valence-electron chi connectivity index (χ4n) is 0.909. The predicted molar refractivity (Wildman–Crippen MR) is 62.7 cm³/mol. The smallest absolute Gasteiger partial charge is 0.130 e. The number of nitrogens with zero attached hydrogens (tertiary/aromatic N) is 2. The molecule has 0 atom stereocenters. The molecule has 0 amide bonds. The molecule has 1 rings (SSSR count). The molecule has 1 N–H and O–H groups in total. The molecule has 15 heavy (non-hydrogen) atoms. The summed E-state index contributed by atoms with van der Waals surface area (Å²) in [7, 11) is 0. The van der Waals surface area contributed by atoms with E-state index in [9.17, 15) is 5.11 Å². The summed E-state index contributed by atoms with van der Waals surface area (Å²) in [5.41, 5.74) is 0.561. The summed E-state index contributed by atoms with van der Waals surface area (Å²) in [5, 5.41) is 26.6. The first-order valence-corrected chi connectivity index (χ1v) is 5.37. The molecule has 0 heterocycles. The zero-order valence-corrected chi connectivity index (χ0v) is 10.5. The van der Waals surface area contributed by atoms with Gasteiger partial charge in [-0.05, 0) is 39.7 Å². The first kappa shape index (κ1) is 11.8. The molecular formula is C10H4Br2N2O. The Labute approximate surface area is 104 Å². The molecule has 0 saturated heterocycles. The number of hydrogen-bond donors (Lipinski definition) is 1. The third-order valence-corrected chi connectivity index (χ3v) is 2.93. The van der Waals surface area contributed by atoms with Gasteiger partial charge in [-0.2, -0.15) is 10.5 Å². The molecule has 1 aromatic rings. The fourth-order valence-corrected chi connectivity index (χ4v) is 2.02. The molecule has 0 unspecified atom stereocenters. The van der Waals surface area contributed by atoms with E-state index in [4.69, 9.17) is 10.5 Å². The van der Waals surface area contributed by atoms with Crippen LogP contribution in [0.2, 0.25) is 0 Å². The van der Waals surface area contributed by atoms with Crippen LogP contribution < -0.4 is 0 Å². The maximum absolute atomic E-state index is 9.42. The molecule has 0 aliphatic rings. The van der Waals surface area contributed by atoms with Crippen LogP contribution in [0, 0.1) is 22.7 Å². The molecule has 0 aromatic heterocycles. The summed E-state index contributed by atoms with van der Waals surface area (Å²) in [6.45, 7) is 0. The topological polar surface area (TPSA) is 67.8 Å². The first-order chi connectivity index (χ1) is 7.08. The number of phenolic OH excluding ortho intramolecular Hbond substituents is 1. The highest BCUT2D eigenvalue weighted by Crippen LogP contribution is 2.31. The molecule has 0 bridgehead atoms. The van der Waals surface area contributed by atoms with Crippen LogP contribution in [0.4, 0.5) is 0 Å². The Balaban J connectivity index is 3.30. The fraction of sp³-hybridized carbons (Fsp3) is 0. The molecule has 0 aliphatic heterocycles. The molecule has 5 heteroatoms. The third-order valence-electron chi connectivity index (χ3n) is 1.61. The summed E-state index contributed by atoms with van der Waals surface area (Å²) in [4.78, 5) is 0. The third kappa shape index (κ3) is 2.82. The van der Waals surface area contributed by atoms with Gasteiger partial charge in [0.2, 0.25) is 0 Å². The van der Waals surface area contributed by atoms with Gasteiger partial charge in [0, 0.05) is 4.47 Å². The predicted octanol–water partition coefficient (Wildman–Crippen LogP) is 3.35. The molecule has 0 aliphatic carbocycles. The van der Waals surface area contributed by atoms with Crippen molar-refractivity contribution in [2.24, 2.45) is 0 Å². The van der Waals surface area contributed by atoms with Crippen molar-refractivity contribution in [2.75, 3.05) is 0 Å². The minimum Gasteiger partial charge on any atom is -0.507 e. The molecular weight excluding hydrogens is 324 g/mol. The van der Waals surface area contributed by atoms with E-state index in [1.54, 1.807) is 18.2 Å². The number of nitriles is 2. The van der Waals surface area contributed by atoms with Gasteiger partial charge >= 0.3 is 0 Å². The van der Waals surface area contributed by atoms with E-state index in [2.05, 4.69) is 31.9 Å². The van der Waals surface area contributed by atoms with Crippen LogP contribution in [0.3, 0.4) is 0 Å². The maximum atomic E-state index is 9.42. The quantitative estimate of drug-likeness (QED) is 0.804. The molecule has 1 aromatic carbocycles. The number of benzene rings is 1. The second-order valence-corrected chi connectivity index (χ2v) is 4.32. The Kier molecular flexibility index (Phi) is 3.90. The standard InChI is InChI=1S/C10H4Br2N2O/c11-8-3-9(12)10(15)2-7(8)1-6(4-13)5-14/h1-3,15H. The lowest BCUT2D eigenvalue weighted by atomic mass is 10.1. The van der Waals surface area contributed by atoms with E-state index < -0.39 is 0 Å². The number of phenols is 1. The average Bonchev–Trinajstić information content (AvgIpc) is 2.21. The SMILES string of the molecule is N#CC(C#N)=Cc1cc(O)c(Br)cc1Br. The minimum atomic E-state index is -0.0163. The van der Waals surface area contributed by atoms with Crippen LogP contribution >= 0.6 is 31.9 Å². The van der Waals surface area contributed by atoms with Gasteiger partial charge in [0.1, 0.15) is 23.5 Å². The number of rotatable bonds is 1. The summed E-state index contributed by atoms with van der Waals surface area (Å²) in [5.74, 6) is 0.0553. The highest BCUT2D eigenvalue weighted by Gasteiger charge is 2.05. The normalized spacial score (nSPS) is 8.80. The van der Waals surface area contributed by atoms with Crippen molar-refractivity contribution in [1.82, 2.24) is 0 Å². The van der Waals surface area contributed by atoms with Gasteiger partial charge in [0.05, 0.1) is 4.47 Å². The van der Waals surface area contributed by atoms with E-state index in [1.807, 2.05) is 0 Å². The number of aromatic hydroxyl groups is 1. The highest BCUT2D eigenvalue weighted by atomic mass is 79.9. The Morgan fingerprint density at radius 2 is 1.80 bits per heavy atom. The van der Waals surface area contributed by atoms with Gasteiger partial charge in [0.25, 0.3) is 0 Å². The van der Waals surface area contributed by atoms with E-state index in [0.717, 1.165) is 0 Å². The first-order valence-electron chi connectivity index (χ1n) is 3.78. The largest absolute Gasteiger partial charge is 0.507 e. The van der Waals surface area contributed by atoms with Crippen LogP contribution in [-0.4, -0.2) is 5.11 Å². The lowest BCUT2D eigenvalue weighted by molar-refractivity contribution is 0.471. The Morgan fingerprint density at radius 1 is 1.20 bits per heavy atom. The van der Waals surface area contributed by atoms with Crippen LogP contribution in [0.25, 0.3) is 6.08 Å². The molecule has 74 valence electrons. The lowest BCUT2D eigenvalue weighted by Gasteiger charge is -2.02. The molecule has 0 spiro atoms. The van der Waals surface area contributed by atoms with Crippen molar-refractivity contribution in [2.45, 2.75) is 0 Å².